The Morgan fingerprint density at radius 2 is 2.18 bits per heavy atom. The van der Waals surface area contributed by atoms with Gasteiger partial charge in [-0.15, -0.1) is 11.6 Å². The summed E-state index contributed by atoms with van der Waals surface area (Å²) in [7, 11) is -1.79. The molecule has 1 N–H and O–H groups in total. The predicted octanol–water partition coefficient (Wildman–Crippen LogP) is 1.35. The molecule has 0 aliphatic heterocycles. The summed E-state index contributed by atoms with van der Waals surface area (Å²) in [4.78, 5) is 3.82. The number of alkyl halides is 1. The molecular formula is C10H18ClN3O2S. The molecule has 7 heteroatoms. The molecule has 0 saturated heterocycles. The first-order valence-electron chi connectivity index (χ1n) is 5.30. The molecule has 0 amide bonds. The maximum atomic E-state index is 11.9. The minimum atomic E-state index is -3.52. The highest BCUT2D eigenvalue weighted by molar-refractivity contribution is 7.89. The van der Waals surface area contributed by atoms with Gasteiger partial charge in [-0.2, -0.15) is 0 Å². The van der Waals surface area contributed by atoms with Crippen LogP contribution in [0.5, 0.6) is 0 Å². The fourth-order valence-corrected chi connectivity index (χ4v) is 2.97. The summed E-state index contributed by atoms with van der Waals surface area (Å²) in [5.41, 5.74) is -0.163. The van der Waals surface area contributed by atoms with Gasteiger partial charge in [0.2, 0.25) is 0 Å². The van der Waals surface area contributed by atoms with Crippen LogP contribution in [-0.2, 0) is 17.1 Å². The summed E-state index contributed by atoms with van der Waals surface area (Å²) in [5, 5.41) is 0.0432. The zero-order chi connectivity index (χ0) is 13.1. The number of rotatable bonds is 6. The quantitative estimate of drug-likeness (QED) is 0.800. The van der Waals surface area contributed by atoms with Crippen molar-refractivity contribution in [3.63, 3.8) is 0 Å². The minimum absolute atomic E-state index is 0.0432. The van der Waals surface area contributed by atoms with E-state index in [0.29, 0.717) is 12.4 Å². The van der Waals surface area contributed by atoms with E-state index in [9.17, 15) is 8.42 Å². The third-order valence-corrected chi connectivity index (χ3v) is 3.94. The molecule has 0 aliphatic carbocycles. The molecule has 0 aliphatic rings. The SMILES string of the molecule is Cn1cnc(S(=O)(=O)NCC(C)(C)CCCl)c1. The van der Waals surface area contributed by atoms with Crippen molar-refractivity contribution in [2.24, 2.45) is 12.5 Å². The molecule has 0 spiro atoms. The fraction of sp³-hybridized carbons (Fsp3) is 0.700. The van der Waals surface area contributed by atoms with Crippen LogP contribution in [0.4, 0.5) is 0 Å². The minimum Gasteiger partial charge on any atom is -0.339 e. The van der Waals surface area contributed by atoms with Gasteiger partial charge in [-0.3, -0.25) is 0 Å². The molecule has 0 fully saturated rings. The van der Waals surface area contributed by atoms with E-state index in [1.165, 1.54) is 12.5 Å². The molecular weight excluding hydrogens is 262 g/mol. The van der Waals surface area contributed by atoms with Crippen molar-refractivity contribution in [3.8, 4) is 0 Å². The van der Waals surface area contributed by atoms with Gasteiger partial charge in [-0.05, 0) is 11.8 Å². The summed E-state index contributed by atoms with van der Waals surface area (Å²) < 4.78 is 27.9. The highest BCUT2D eigenvalue weighted by atomic mass is 35.5. The van der Waals surface area contributed by atoms with Crippen molar-refractivity contribution < 1.29 is 8.42 Å². The first-order valence-corrected chi connectivity index (χ1v) is 7.32. The lowest BCUT2D eigenvalue weighted by atomic mass is 9.91. The van der Waals surface area contributed by atoms with Crippen LogP contribution in [0.25, 0.3) is 0 Å². The maximum absolute atomic E-state index is 11.9. The normalized spacial score (nSPS) is 12.9. The van der Waals surface area contributed by atoms with Crippen LogP contribution >= 0.6 is 11.6 Å². The Balaban J connectivity index is 2.69. The van der Waals surface area contributed by atoms with Gasteiger partial charge < -0.3 is 4.57 Å². The van der Waals surface area contributed by atoms with Gasteiger partial charge in [0.25, 0.3) is 10.0 Å². The van der Waals surface area contributed by atoms with Crippen molar-refractivity contribution in [2.75, 3.05) is 12.4 Å². The number of aromatic nitrogens is 2. The molecule has 98 valence electrons. The molecule has 1 rings (SSSR count). The van der Waals surface area contributed by atoms with Crippen molar-refractivity contribution in [1.29, 1.82) is 0 Å². The van der Waals surface area contributed by atoms with Crippen molar-refractivity contribution in [1.82, 2.24) is 14.3 Å². The van der Waals surface area contributed by atoms with E-state index >= 15 is 0 Å². The van der Waals surface area contributed by atoms with Crippen LogP contribution in [0.3, 0.4) is 0 Å². The second-order valence-corrected chi connectivity index (χ2v) is 6.90. The lowest BCUT2D eigenvalue weighted by Gasteiger charge is -2.23. The fourth-order valence-electron chi connectivity index (χ4n) is 1.24. The van der Waals surface area contributed by atoms with E-state index in [-0.39, 0.29) is 10.4 Å². The Labute approximate surface area is 107 Å². The zero-order valence-electron chi connectivity index (χ0n) is 10.3. The van der Waals surface area contributed by atoms with Gasteiger partial charge in [-0.1, -0.05) is 13.8 Å². The van der Waals surface area contributed by atoms with E-state index in [1.807, 2.05) is 13.8 Å². The number of nitrogens with zero attached hydrogens (tertiary/aromatic N) is 2. The Kier molecular flexibility index (Phi) is 4.57. The maximum Gasteiger partial charge on any atom is 0.259 e. The number of sulfonamides is 1. The number of nitrogens with one attached hydrogen (secondary N) is 1. The first-order chi connectivity index (χ1) is 7.77. The topological polar surface area (TPSA) is 64.0 Å². The van der Waals surface area contributed by atoms with Gasteiger partial charge in [-0.25, -0.2) is 18.1 Å². The Hall–Kier alpha value is -0.590. The van der Waals surface area contributed by atoms with Gasteiger partial charge in [0.15, 0.2) is 5.03 Å². The number of aryl methyl sites for hydroxylation is 1. The molecule has 0 atom stereocenters. The summed E-state index contributed by atoms with van der Waals surface area (Å²) >= 11 is 5.66. The molecule has 17 heavy (non-hydrogen) atoms. The van der Waals surface area contributed by atoms with E-state index in [2.05, 4.69) is 9.71 Å². The number of imidazole rings is 1. The van der Waals surface area contributed by atoms with E-state index in [0.717, 1.165) is 6.42 Å². The van der Waals surface area contributed by atoms with Crippen LogP contribution in [0.1, 0.15) is 20.3 Å². The van der Waals surface area contributed by atoms with Crippen molar-refractivity contribution in [2.45, 2.75) is 25.3 Å². The number of hydrogen-bond acceptors (Lipinski definition) is 3. The Morgan fingerprint density at radius 3 is 2.65 bits per heavy atom. The second-order valence-electron chi connectivity index (χ2n) is 4.81. The number of hydrogen-bond donors (Lipinski definition) is 1. The summed E-state index contributed by atoms with van der Waals surface area (Å²) in [6, 6.07) is 0. The molecule has 5 nitrogen and oxygen atoms in total. The van der Waals surface area contributed by atoms with Crippen LogP contribution in [0.15, 0.2) is 17.6 Å². The summed E-state index contributed by atoms with van der Waals surface area (Å²) in [6.07, 6.45) is 3.68. The third-order valence-electron chi connectivity index (χ3n) is 2.47. The second kappa shape index (κ2) is 5.37. The summed E-state index contributed by atoms with van der Waals surface area (Å²) in [6.45, 7) is 4.28. The average molecular weight is 280 g/mol. The number of halogens is 1. The zero-order valence-corrected chi connectivity index (χ0v) is 11.8. The highest BCUT2D eigenvalue weighted by Gasteiger charge is 2.23. The lowest BCUT2D eigenvalue weighted by molar-refractivity contribution is 0.352. The molecule has 1 aromatic rings. The van der Waals surface area contributed by atoms with Gasteiger partial charge in [0, 0.05) is 25.7 Å². The molecule has 0 unspecified atom stereocenters. The summed E-state index contributed by atoms with van der Waals surface area (Å²) in [5.74, 6) is 0.512. The van der Waals surface area contributed by atoms with E-state index in [4.69, 9.17) is 11.6 Å². The van der Waals surface area contributed by atoms with Crippen LogP contribution in [0, 0.1) is 5.41 Å². The van der Waals surface area contributed by atoms with Crippen LogP contribution in [-0.4, -0.2) is 30.4 Å². The highest BCUT2D eigenvalue weighted by Crippen LogP contribution is 2.20. The first kappa shape index (κ1) is 14.5. The van der Waals surface area contributed by atoms with Crippen LogP contribution < -0.4 is 4.72 Å². The molecule has 1 heterocycles. The molecule has 0 aromatic carbocycles. The molecule has 0 radical (unpaired) electrons. The van der Waals surface area contributed by atoms with E-state index in [1.54, 1.807) is 11.6 Å². The largest absolute Gasteiger partial charge is 0.339 e. The van der Waals surface area contributed by atoms with Crippen molar-refractivity contribution in [3.05, 3.63) is 12.5 Å². The monoisotopic (exact) mass is 279 g/mol. The van der Waals surface area contributed by atoms with Gasteiger partial charge in [0.1, 0.15) is 0 Å². The molecule has 0 bridgehead atoms. The van der Waals surface area contributed by atoms with Gasteiger partial charge >= 0.3 is 0 Å². The molecule has 1 aromatic heterocycles. The standard InChI is InChI=1S/C10H18ClN3O2S/c1-10(2,4-5-11)7-13-17(15,16)9-6-14(3)8-12-9/h6,8,13H,4-5,7H2,1-3H3. The third kappa shape index (κ3) is 4.29. The Bertz CT molecular complexity index is 468. The Morgan fingerprint density at radius 1 is 1.53 bits per heavy atom. The van der Waals surface area contributed by atoms with Crippen molar-refractivity contribution >= 4 is 21.6 Å². The van der Waals surface area contributed by atoms with Gasteiger partial charge in [0.05, 0.1) is 6.33 Å². The smallest absolute Gasteiger partial charge is 0.259 e. The molecule has 0 saturated carbocycles. The lowest BCUT2D eigenvalue weighted by Crippen LogP contribution is -2.34. The predicted molar refractivity (Wildman–Crippen MR) is 67.5 cm³/mol. The average Bonchev–Trinajstić information content (AvgIpc) is 2.63. The van der Waals surface area contributed by atoms with E-state index < -0.39 is 10.0 Å². The van der Waals surface area contributed by atoms with Crippen LogP contribution in [0.2, 0.25) is 0 Å².